The largest absolute Gasteiger partial charge is 0.465 e. The van der Waals surface area contributed by atoms with Crippen molar-refractivity contribution in [3.8, 4) is 0 Å². The monoisotopic (exact) mass is 356 g/mol. The standard InChI is InChI=1S/C19H24N4O3/c1-11(2)13-4-3-5-14-17(13)18-20-16(24)10-15(23(18)21-14)12-6-8-22(9-7-12)19(25)26/h3-5,10-12,18,21H,6-9H2,1-2H3,(H,20,24)(H,25,26). The zero-order chi connectivity index (χ0) is 18.4. The van der Waals surface area contributed by atoms with E-state index in [4.69, 9.17) is 5.11 Å². The van der Waals surface area contributed by atoms with Gasteiger partial charge in [0, 0.05) is 36.3 Å². The number of fused-ring (bicyclic) bond motifs is 3. The van der Waals surface area contributed by atoms with Crippen LogP contribution in [0.1, 0.15) is 49.9 Å². The number of amides is 2. The maximum Gasteiger partial charge on any atom is 0.407 e. The van der Waals surface area contributed by atoms with Crippen molar-refractivity contribution in [2.45, 2.75) is 38.8 Å². The van der Waals surface area contributed by atoms with E-state index in [1.807, 2.05) is 12.1 Å². The number of benzene rings is 1. The van der Waals surface area contributed by atoms with Gasteiger partial charge >= 0.3 is 6.09 Å². The molecule has 3 aliphatic heterocycles. The Morgan fingerprint density at radius 2 is 2.00 bits per heavy atom. The molecule has 0 aromatic heterocycles. The van der Waals surface area contributed by atoms with Crippen molar-refractivity contribution >= 4 is 17.7 Å². The van der Waals surface area contributed by atoms with Crippen LogP contribution in [0.25, 0.3) is 0 Å². The summed E-state index contributed by atoms with van der Waals surface area (Å²) < 4.78 is 0. The molecular formula is C19H24N4O3. The summed E-state index contributed by atoms with van der Waals surface area (Å²) in [4.78, 5) is 25.0. The van der Waals surface area contributed by atoms with Crippen molar-refractivity contribution in [3.05, 3.63) is 41.1 Å². The third kappa shape index (κ3) is 2.67. The van der Waals surface area contributed by atoms with Gasteiger partial charge in [-0.25, -0.2) is 4.79 Å². The molecule has 0 radical (unpaired) electrons. The van der Waals surface area contributed by atoms with E-state index in [0.29, 0.717) is 19.0 Å². The van der Waals surface area contributed by atoms with Crippen LogP contribution in [-0.2, 0) is 4.79 Å². The van der Waals surface area contributed by atoms with Gasteiger partial charge in [-0.05, 0) is 30.4 Å². The fraction of sp³-hybridized carbons (Fsp3) is 0.474. The van der Waals surface area contributed by atoms with E-state index in [1.165, 1.54) is 10.5 Å². The Bertz CT molecular complexity index is 781. The number of likely N-dealkylation sites (tertiary alicyclic amines) is 1. The summed E-state index contributed by atoms with van der Waals surface area (Å²) in [5.74, 6) is 0.440. The van der Waals surface area contributed by atoms with Crippen LogP contribution in [0.3, 0.4) is 0 Å². The number of allylic oxidation sites excluding steroid dienone is 1. The number of piperidine rings is 1. The fourth-order valence-electron chi connectivity index (χ4n) is 4.22. The summed E-state index contributed by atoms with van der Waals surface area (Å²) in [6.07, 6.45) is 2.03. The number of carboxylic acid groups (broad SMARTS) is 1. The first-order chi connectivity index (χ1) is 12.5. The van der Waals surface area contributed by atoms with Gasteiger partial charge in [0.05, 0.1) is 5.69 Å². The van der Waals surface area contributed by atoms with Crippen molar-refractivity contribution in [1.82, 2.24) is 15.2 Å². The van der Waals surface area contributed by atoms with Crippen LogP contribution >= 0.6 is 0 Å². The Morgan fingerprint density at radius 3 is 2.65 bits per heavy atom. The summed E-state index contributed by atoms with van der Waals surface area (Å²) in [5.41, 5.74) is 7.79. The lowest BCUT2D eigenvalue weighted by molar-refractivity contribution is -0.119. The second kappa shape index (κ2) is 6.23. The van der Waals surface area contributed by atoms with E-state index in [1.54, 1.807) is 6.08 Å². The topological polar surface area (TPSA) is 84.9 Å². The van der Waals surface area contributed by atoms with Gasteiger partial charge in [-0.15, -0.1) is 0 Å². The van der Waals surface area contributed by atoms with Crippen LogP contribution in [-0.4, -0.2) is 40.1 Å². The lowest BCUT2D eigenvalue weighted by Gasteiger charge is -2.39. The highest BCUT2D eigenvalue weighted by molar-refractivity contribution is 5.90. The Balaban J connectivity index is 1.63. The van der Waals surface area contributed by atoms with Gasteiger partial charge in [-0.1, -0.05) is 26.0 Å². The Kier molecular flexibility index (Phi) is 4.01. The molecule has 1 saturated heterocycles. The van der Waals surface area contributed by atoms with Crippen LogP contribution in [0.15, 0.2) is 30.0 Å². The van der Waals surface area contributed by atoms with Gasteiger partial charge in [-0.2, -0.15) is 0 Å². The molecule has 7 nitrogen and oxygen atoms in total. The molecule has 3 heterocycles. The number of anilines is 1. The molecule has 1 unspecified atom stereocenters. The highest BCUT2D eigenvalue weighted by Gasteiger charge is 2.40. The molecule has 3 aliphatic rings. The first-order valence-corrected chi connectivity index (χ1v) is 9.14. The third-order valence-corrected chi connectivity index (χ3v) is 5.55. The fourth-order valence-corrected chi connectivity index (χ4v) is 4.22. The predicted molar refractivity (Wildman–Crippen MR) is 97.3 cm³/mol. The Morgan fingerprint density at radius 1 is 1.27 bits per heavy atom. The van der Waals surface area contributed by atoms with E-state index in [2.05, 4.69) is 35.7 Å². The first-order valence-electron chi connectivity index (χ1n) is 9.14. The summed E-state index contributed by atoms with van der Waals surface area (Å²) in [6.45, 7) is 5.31. The molecule has 2 amide bonds. The second-order valence-corrected chi connectivity index (χ2v) is 7.47. The van der Waals surface area contributed by atoms with Gasteiger partial charge < -0.3 is 15.3 Å². The van der Waals surface area contributed by atoms with Crippen LogP contribution in [0.5, 0.6) is 0 Å². The van der Waals surface area contributed by atoms with Crippen molar-refractivity contribution in [2.75, 3.05) is 18.5 Å². The molecule has 0 spiro atoms. The van der Waals surface area contributed by atoms with Crippen molar-refractivity contribution in [2.24, 2.45) is 5.92 Å². The van der Waals surface area contributed by atoms with E-state index >= 15 is 0 Å². The minimum absolute atomic E-state index is 0.0878. The maximum atomic E-state index is 12.4. The number of carbonyl (C=O) groups excluding carboxylic acids is 1. The summed E-state index contributed by atoms with van der Waals surface area (Å²) in [7, 11) is 0. The number of hydrogen-bond acceptors (Lipinski definition) is 4. The van der Waals surface area contributed by atoms with E-state index in [-0.39, 0.29) is 18.0 Å². The second-order valence-electron chi connectivity index (χ2n) is 7.47. The Labute approximate surface area is 152 Å². The molecule has 4 rings (SSSR count). The molecule has 1 atom stereocenters. The lowest BCUT2D eigenvalue weighted by atomic mass is 9.90. The molecule has 1 aromatic carbocycles. The molecule has 138 valence electrons. The van der Waals surface area contributed by atoms with Gasteiger partial charge in [0.25, 0.3) is 0 Å². The Hall–Kier alpha value is -2.70. The number of hydrogen-bond donors (Lipinski definition) is 3. The summed E-state index contributed by atoms with van der Waals surface area (Å²) in [6, 6.07) is 6.19. The zero-order valence-electron chi connectivity index (χ0n) is 15.0. The first kappa shape index (κ1) is 16.8. The molecular weight excluding hydrogens is 332 g/mol. The summed E-state index contributed by atoms with van der Waals surface area (Å²) in [5, 5.41) is 14.3. The maximum absolute atomic E-state index is 12.4. The highest BCUT2D eigenvalue weighted by Crippen LogP contribution is 2.44. The van der Waals surface area contributed by atoms with Gasteiger partial charge in [0.15, 0.2) is 0 Å². The third-order valence-electron chi connectivity index (χ3n) is 5.55. The summed E-state index contributed by atoms with van der Waals surface area (Å²) >= 11 is 0. The van der Waals surface area contributed by atoms with Crippen molar-refractivity contribution in [3.63, 3.8) is 0 Å². The average Bonchev–Trinajstić information content (AvgIpc) is 2.99. The normalized spacial score (nSPS) is 22.5. The van der Waals surface area contributed by atoms with Crippen LogP contribution in [0.2, 0.25) is 0 Å². The average molecular weight is 356 g/mol. The molecule has 3 N–H and O–H groups in total. The molecule has 0 aliphatic carbocycles. The molecule has 0 saturated carbocycles. The molecule has 26 heavy (non-hydrogen) atoms. The van der Waals surface area contributed by atoms with Crippen molar-refractivity contribution < 1.29 is 14.7 Å². The van der Waals surface area contributed by atoms with E-state index in [0.717, 1.165) is 29.8 Å². The van der Waals surface area contributed by atoms with Crippen molar-refractivity contribution in [1.29, 1.82) is 0 Å². The predicted octanol–water partition coefficient (Wildman–Crippen LogP) is 2.85. The van der Waals surface area contributed by atoms with Gasteiger partial charge in [-0.3, -0.25) is 15.2 Å². The van der Waals surface area contributed by atoms with E-state index < -0.39 is 6.09 Å². The minimum Gasteiger partial charge on any atom is -0.465 e. The van der Waals surface area contributed by atoms with Gasteiger partial charge in [0.1, 0.15) is 6.17 Å². The molecule has 7 heteroatoms. The van der Waals surface area contributed by atoms with E-state index in [9.17, 15) is 9.59 Å². The number of rotatable bonds is 2. The van der Waals surface area contributed by atoms with Gasteiger partial charge in [0.2, 0.25) is 5.91 Å². The van der Waals surface area contributed by atoms with Crippen LogP contribution < -0.4 is 10.7 Å². The number of carbonyl (C=O) groups is 2. The number of nitrogens with zero attached hydrogens (tertiary/aromatic N) is 2. The zero-order valence-corrected chi connectivity index (χ0v) is 15.0. The molecule has 1 aromatic rings. The lowest BCUT2D eigenvalue weighted by Crippen LogP contribution is -2.47. The van der Waals surface area contributed by atoms with Crippen LogP contribution in [0, 0.1) is 5.92 Å². The quantitative estimate of drug-likeness (QED) is 0.759. The molecule has 0 bridgehead atoms. The molecule has 1 fully saturated rings. The van der Waals surface area contributed by atoms with Crippen LogP contribution in [0.4, 0.5) is 10.5 Å². The number of nitrogens with one attached hydrogen (secondary N) is 2. The smallest absolute Gasteiger partial charge is 0.407 e. The number of hydrazine groups is 1. The SMILES string of the molecule is CC(C)c1cccc2c1C1NC(=O)C=C(C3CCN(C(=O)O)CC3)N1N2. The minimum atomic E-state index is -0.870. The highest BCUT2D eigenvalue weighted by atomic mass is 16.4.